The van der Waals surface area contributed by atoms with Crippen LogP contribution in [0.4, 0.5) is 11.4 Å². The molecule has 0 aliphatic heterocycles. The molecule has 0 bridgehead atoms. The van der Waals surface area contributed by atoms with Gasteiger partial charge in [0.15, 0.2) is 10.2 Å². The summed E-state index contributed by atoms with van der Waals surface area (Å²) >= 11 is 10.6. The minimum atomic E-state index is 0.450. The summed E-state index contributed by atoms with van der Waals surface area (Å²) in [5.74, 6) is 0. The first kappa shape index (κ1) is 18.2. The van der Waals surface area contributed by atoms with Crippen molar-refractivity contribution in [3.8, 4) is 0 Å². The molecule has 2 aromatic rings. The van der Waals surface area contributed by atoms with Crippen molar-refractivity contribution in [2.75, 3.05) is 10.6 Å². The second-order valence-electron chi connectivity index (χ2n) is 5.80. The zero-order valence-corrected chi connectivity index (χ0v) is 15.9. The third-order valence-corrected chi connectivity index (χ3v) is 3.90. The fourth-order valence-corrected chi connectivity index (χ4v) is 2.80. The number of hydrogen-bond acceptors (Lipinski definition) is 2. The molecule has 0 radical (unpaired) electrons. The van der Waals surface area contributed by atoms with E-state index in [4.69, 9.17) is 24.4 Å². The van der Waals surface area contributed by atoms with Gasteiger partial charge in [-0.15, -0.1) is 0 Å². The second-order valence-corrected chi connectivity index (χ2v) is 6.62. The molecule has 126 valence electrons. The van der Waals surface area contributed by atoms with Crippen LogP contribution in [0.1, 0.15) is 22.3 Å². The lowest BCUT2D eigenvalue weighted by molar-refractivity contribution is 0.885. The fraction of sp³-hybridized carbons (Fsp3) is 0.222. The highest BCUT2D eigenvalue weighted by Crippen LogP contribution is 2.19. The number of para-hydroxylation sites is 1. The number of aryl methyl sites for hydroxylation is 4. The maximum Gasteiger partial charge on any atom is 0.189 e. The summed E-state index contributed by atoms with van der Waals surface area (Å²) in [6.07, 6.45) is 0. The Kier molecular flexibility index (Phi) is 6.11. The van der Waals surface area contributed by atoms with E-state index >= 15 is 0 Å². The Balaban J connectivity index is 1.88. The highest BCUT2D eigenvalue weighted by Gasteiger charge is 2.05. The SMILES string of the molecule is Cc1cc(C)cc(NC(=S)NNC(=S)Nc2c(C)cccc2C)c1. The third-order valence-electron chi connectivity index (χ3n) is 3.49. The van der Waals surface area contributed by atoms with Crippen LogP contribution in [0.15, 0.2) is 36.4 Å². The van der Waals surface area contributed by atoms with Gasteiger partial charge in [0, 0.05) is 11.4 Å². The normalized spacial score (nSPS) is 10.0. The number of thiocarbonyl (C=S) groups is 2. The van der Waals surface area contributed by atoms with Crippen molar-refractivity contribution in [1.29, 1.82) is 0 Å². The van der Waals surface area contributed by atoms with Gasteiger partial charge in [-0.1, -0.05) is 24.3 Å². The Hall–Kier alpha value is -2.18. The Bertz CT molecular complexity index is 731. The topological polar surface area (TPSA) is 48.1 Å². The Morgan fingerprint density at radius 1 is 0.750 bits per heavy atom. The number of hydrazine groups is 1. The first-order valence-corrected chi connectivity index (χ1v) is 8.45. The maximum atomic E-state index is 5.31. The lowest BCUT2D eigenvalue weighted by Gasteiger charge is -2.17. The smallest absolute Gasteiger partial charge is 0.189 e. The molecule has 0 aliphatic carbocycles. The minimum Gasteiger partial charge on any atom is -0.331 e. The predicted octanol–water partition coefficient (Wildman–Crippen LogP) is 4.11. The van der Waals surface area contributed by atoms with Crippen LogP contribution >= 0.6 is 24.4 Å². The van der Waals surface area contributed by atoms with Crippen molar-refractivity contribution in [3.63, 3.8) is 0 Å². The molecule has 4 N–H and O–H groups in total. The van der Waals surface area contributed by atoms with Crippen LogP contribution in [0, 0.1) is 27.7 Å². The van der Waals surface area contributed by atoms with Crippen molar-refractivity contribution in [1.82, 2.24) is 10.9 Å². The molecule has 0 atom stereocenters. The summed E-state index contributed by atoms with van der Waals surface area (Å²) in [4.78, 5) is 0. The molecule has 24 heavy (non-hydrogen) atoms. The third kappa shape index (κ3) is 5.18. The van der Waals surface area contributed by atoms with Crippen molar-refractivity contribution in [2.24, 2.45) is 0 Å². The zero-order valence-electron chi connectivity index (χ0n) is 14.3. The Morgan fingerprint density at radius 3 is 1.79 bits per heavy atom. The molecule has 0 amide bonds. The van der Waals surface area contributed by atoms with E-state index in [2.05, 4.69) is 41.4 Å². The van der Waals surface area contributed by atoms with E-state index < -0.39 is 0 Å². The maximum absolute atomic E-state index is 5.31. The second kappa shape index (κ2) is 8.08. The molecular weight excluding hydrogens is 336 g/mol. The van der Waals surface area contributed by atoms with Crippen LogP contribution in [0.2, 0.25) is 0 Å². The molecule has 6 heteroatoms. The predicted molar refractivity (Wildman–Crippen MR) is 111 cm³/mol. The average molecular weight is 359 g/mol. The van der Waals surface area contributed by atoms with Gasteiger partial charge in [0.25, 0.3) is 0 Å². The summed E-state index contributed by atoms with van der Waals surface area (Å²) < 4.78 is 0. The molecule has 4 nitrogen and oxygen atoms in total. The van der Waals surface area contributed by atoms with Gasteiger partial charge in [-0.05, 0) is 86.5 Å². The van der Waals surface area contributed by atoms with E-state index in [0.717, 1.165) is 22.5 Å². The summed E-state index contributed by atoms with van der Waals surface area (Å²) in [5.41, 5.74) is 12.4. The molecule has 0 saturated heterocycles. The van der Waals surface area contributed by atoms with Gasteiger partial charge in [0.05, 0.1) is 0 Å². The molecular formula is C18H22N4S2. The Morgan fingerprint density at radius 2 is 1.25 bits per heavy atom. The monoisotopic (exact) mass is 358 g/mol. The van der Waals surface area contributed by atoms with Gasteiger partial charge in [-0.25, -0.2) is 0 Å². The highest BCUT2D eigenvalue weighted by atomic mass is 32.1. The van der Waals surface area contributed by atoms with Crippen LogP contribution in [-0.2, 0) is 0 Å². The van der Waals surface area contributed by atoms with Crippen LogP contribution in [0.3, 0.4) is 0 Å². The molecule has 0 unspecified atom stereocenters. The van der Waals surface area contributed by atoms with Crippen LogP contribution in [0.5, 0.6) is 0 Å². The highest BCUT2D eigenvalue weighted by molar-refractivity contribution is 7.81. The van der Waals surface area contributed by atoms with Crippen molar-refractivity contribution < 1.29 is 0 Å². The van der Waals surface area contributed by atoms with E-state index in [9.17, 15) is 0 Å². The standard InChI is InChI=1S/C18H22N4S2/c1-11-8-12(2)10-15(9-11)19-17(23)21-22-18(24)20-16-13(3)6-5-7-14(16)4/h5-10H,1-4H3,(H2,19,21,23)(H2,20,22,24). The number of hydrogen-bond donors (Lipinski definition) is 4. The average Bonchev–Trinajstić information content (AvgIpc) is 2.48. The first-order valence-electron chi connectivity index (χ1n) is 7.63. The summed E-state index contributed by atoms with van der Waals surface area (Å²) in [7, 11) is 0. The van der Waals surface area contributed by atoms with E-state index in [1.807, 2.05) is 44.2 Å². The quantitative estimate of drug-likeness (QED) is 0.479. The molecule has 0 heterocycles. The molecule has 2 rings (SSSR count). The number of anilines is 2. The number of rotatable bonds is 2. The van der Waals surface area contributed by atoms with Gasteiger partial charge in [0.2, 0.25) is 0 Å². The van der Waals surface area contributed by atoms with E-state index in [-0.39, 0.29) is 0 Å². The van der Waals surface area contributed by atoms with Crippen molar-refractivity contribution >= 4 is 46.0 Å². The van der Waals surface area contributed by atoms with Gasteiger partial charge in [0.1, 0.15) is 0 Å². The summed E-state index contributed by atoms with van der Waals surface area (Å²) in [6, 6.07) is 12.3. The van der Waals surface area contributed by atoms with E-state index in [1.165, 1.54) is 11.1 Å². The number of benzene rings is 2. The van der Waals surface area contributed by atoms with Gasteiger partial charge in [-0.2, -0.15) is 0 Å². The molecule has 0 spiro atoms. The lowest BCUT2D eigenvalue weighted by Crippen LogP contribution is -2.45. The fourth-order valence-electron chi connectivity index (χ4n) is 2.48. The largest absolute Gasteiger partial charge is 0.331 e. The van der Waals surface area contributed by atoms with Gasteiger partial charge >= 0.3 is 0 Å². The van der Waals surface area contributed by atoms with Crippen LogP contribution in [0.25, 0.3) is 0 Å². The minimum absolute atomic E-state index is 0.450. The molecule has 0 aromatic heterocycles. The first-order chi connectivity index (χ1) is 11.3. The zero-order chi connectivity index (χ0) is 17.7. The molecule has 2 aromatic carbocycles. The van der Waals surface area contributed by atoms with E-state index in [1.54, 1.807) is 0 Å². The molecule has 0 fully saturated rings. The summed E-state index contributed by atoms with van der Waals surface area (Å²) in [6.45, 7) is 8.18. The number of nitrogens with one attached hydrogen (secondary N) is 4. The molecule has 0 aliphatic rings. The van der Waals surface area contributed by atoms with Crippen molar-refractivity contribution in [2.45, 2.75) is 27.7 Å². The van der Waals surface area contributed by atoms with Gasteiger partial charge in [-0.3, -0.25) is 10.9 Å². The summed E-state index contributed by atoms with van der Waals surface area (Å²) in [5, 5.41) is 7.23. The van der Waals surface area contributed by atoms with Gasteiger partial charge < -0.3 is 10.6 Å². The Labute approximate surface area is 154 Å². The molecule has 0 saturated carbocycles. The van der Waals surface area contributed by atoms with Crippen molar-refractivity contribution in [3.05, 3.63) is 58.7 Å². The van der Waals surface area contributed by atoms with Crippen LogP contribution < -0.4 is 21.5 Å². The lowest BCUT2D eigenvalue weighted by atomic mass is 10.1. The van der Waals surface area contributed by atoms with Crippen LogP contribution in [-0.4, -0.2) is 10.2 Å². The van der Waals surface area contributed by atoms with E-state index in [0.29, 0.717) is 10.2 Å².